The van der Waals surface area contributed by atoms with Crippen LogP contribution in [0.2, 0.25) is 0 Å². The van der Waals surface area contributed by atoms with E-state index in [0.29, 0.717) is 79.6 Å². The van der Waals surface area contributed by atoms with E-state index in [2.05, 4.69) is 42.4 Å². The van der Waals surface area contributed by atoms with Crippen molar-refractivity contribution in [3.05, 3.63) is 101 Å². The molecule has 7 aromatic rings. The largest absolute Gasteiger partial charge is 0.508 e. The van der Waals surface area contributed by atoms with Gasteiger partial charge in [0.1, 0.15) is 48.0 Å². The molecule has 3 amide bonds. The third kappa shape index (κ3) is 11.2. The van der Waals surface area contributed by atoms with Crippen molar-refractivity contribution in [3.63, 3.8) is 0 Å². The number of hydrogen-bond donors (Lipinski definition) is 4. The van der Waals surface area contributed by atoms with Crippen LogP contribution in [0.15, 0.2) is 76.9 Å². The fraction of sp³-hybridized carbons (Fsp3) is 0.508. The summed E-state index contributed by atoms with van der Waals surface area (Å²) in [7, 11) is 0. The second-order valence-corrected chi connectivity index (χ2v) is 26.2. The van der Waals surface area contributed by atoms with Crippen LogP contribution in [0.25, 0.3) is 43.4 Å². The molecule has 6 aliphatic heterocycles. The molecule has 20 nitrogen and oxygen atoms in total. The van der Waals surface area contributed by atoms with Crippen LogP contribution >= 0.6 is 11.3 Å². The number of nitrogens with one attached hydrogen (secondary N) is 2. The van der Waals surface area contributed by atoms with Gasteiger partial charge >= 0.3 is 12.1 Å². The number of carbonyl (C=O) groups is 3. The van der Waals surface area contributed by atoms with E-state index in [1.54, 1.807) is 40.6 Å². The highest BCUT2D eigenvalue weighted by Gasteiger charge is 2.51. The Morgan fingerprint density at radius 1 is 0.966 bits per heavy atom. The molecule has 10 heterocycles. The van der Waals surface area contributed by atoms with Gasteiger partial charge in [-0.05, 0) is 118 Å². The number of thiazole rings is 1. The highest BCUT2D eigenvalue weighted by Crippen LogP contribution is 2.44. The summed E-state index contributed by atoms with van der Waals surface area (Å²) in [6.07, 6.45) is 6.82. The number of aromatic hydroxyl groups is 1. The number of phenolic OH excluding ortho intramolecular Hbond substituents is 1. The molecule has 3 aromatic carbocycles. The van der Waals surface area contributed by atoms with Crippen LogP contribution in [0.4, 0.5) is 20.8 Å². The molecule has 6 fully saturated rings. The third-order valence-electron chi connectivity index (χ3n) is 19.3. The summed E-state index contributed by atoms with van der Waals surface area (Å²) in [6, 6.07) is 18.2. The number of rotatable bonds is 16. The number of ether oxygens (including phenoxy) is 2. The zero-order valence-electron chi connectivity index (χ0n) is 50.2. The van der Waals surface area contributed by atoms with E-state index in [0.717, 1.165) is 83.1 Å². The number of piperazine rings is 2. The molecule has 4 N–H and O–H groups in total. The standard InChI is InChI=1S/C65H77FN12O8S/c1-7-40-10-8-11-43-24-47(79)25-49(55(40)43)57-56(66)58-50(28-67-57)60(75-30-44-16-17-45(31-75)70-44)72-63(71-58)85-34-65-19-9-21-78(65)46(18-20-65)33-84-64(83)74-22-23-76(37(4)29-74)53-27-52(86-73-53)54(36(2)3)62(82)77-32-48(80)26-51(77)61(81)69-38(5)41-12-14-42(15-13-41)59-39(6)68-35-87-59/h8,10-15,24-25,27-28,35-38,44-46,48,51,54,70,79-80H,7,9,16-23,26,29-34H2,1-6H3,(H,69,81)/t37-,38+,44?,45?,46+,48-,51+,54-,65-/m1/s1. The number of likely N-dealkylation sites (tertiary alicyclic amines) is 1. The number of amides is 3. The van der Waals surface area contributed by atoms with Crippen LogP contribution < -0.4 is 25.2 Å². The Labute approximate surface area is 509 Å². The van der Waals surface area contributed by atoms with Gasteiger partial charge in [-0.25, -0.2) is 14.2 Å². The number of aliphatic hydroxyl groups is 1. The lowest BCUT2D eigenvalue weighted by Crippen LogP contribution is -2.54. The monoisotopic (exact) mass is 1200 g/mol. The minimum absolute atomic E-state index is 0.0211. The van der Waals surface area contributed by atoms with Crippen molar-refractivity contribution in [3.8, 4) is 33.5 Å². The smallest absolute Gasteiger partial charge is 0.409 e. The van der Waals surface area contributed by atoms with Gasteiger partial charge in [-0.3, -0.25) is 19.5 Å². The molecule has 0 spiro atoms. The molecular weight excluding hydrogens is 1130 g/mol. The van der Waals surface area contributed by atoms with Crippen LogP contribution in [0, 0.1) is 18.7 Å². The van der Waals surface area contributed by atoms with Gasteiger partial charge in [0.05, 0.1) is 39.2 Å². The van der Waals surface area contributed by atoms with Gasteiger partial charge < -0.3 is 54.4 Å². The highest BCUT2D eigenvalue weighted by molar-refractivity contribution is 7.13. The lowest BCUT2D eigenvalue weighted by atomic mass is 9.91. The van der Waals surface area contributed by atoms with Crippen molar-refractivity contribution in [1.29, 1.82) is 0 Å². The first-order valence-electron chi connectivity index (χ1n) is 31.0. The second-order valence-electron chi connectivity index (χ2n) is 25.3. The van der Waals surface area contributed by atoms with Gasteiger partial charge in [-0.15, -0.1) is 11.3 Å². The molecule has 2 unspecified atom stereocenters. The summed E-state index contributed by atoms with van der Waals surface area (Å²) >= 11 is 1.58. The van der Waals surface area contributed by atoms with E-state index < -0.39 is 23.9 Å². The maximum absolute atomic E-state index is 17.4. The Balaban J connectivity index is 0.642. The van der Waals surface area contributed by atoms with E-state index in [1.165, 1.54) is 4.90 Å². The fourth-order valence-electron chi connectivity index (χ4n) is 14.8. The Bertz CT molecular complexity index is 3720. The lowest BCUT2D eigenvalue weighted by Gasteiger charge is -2.39. The molecule has 22 heteroatoms. The molecule has 2 bridgehead atoms. The van der Waals surface area contributed by atoms with Gasteiger partial charge in [0, 0.05) is 87.7 Å². The first-order chi connectivity index (χ1) is 42.0. The SMILES string of the molecule is CCc1cccc2cc(O)cc(-c3ncc4c(N5CC6CCC(C5)N6)nc(OC[C@]56CCCN5[C@H](COC(=O)N5CCN(c7cc([C@H](C(=O)N8C[C@H](O)C[C@H]8C(=O)N[C@@H](C)c8ccc(-c9scnc9C)cc8)C(C)C)on7)[C@H](C)C5)CC6)nc4c3F)c12. The van der Waals surface area contributed by atoms with Crippen molar-refractivity contribution in [1.82, 2.24) is 50.4 Å². The number of β-amino-alcohol motifs (C(OH)–C–C–N with tert-alkyl or cyclic N) is 1. The quantitative estimate of drug-likeness (QED) is 0.0708. The molecule has 0 saturated carbocycles. The summed E-state index contributed by atoms with van der Waals surface area (Å²) in [4.78, 5) is 72.3. The van der Waals surface area contributed by atoms with Crippen LogP contribution in [-0.4, -0.2) is 169 Å². The number of pyridine rings is 1. The van der Waals surface area contributed by atoms with Crippen molar-refractivity contribution in [2.75, 3.05) is 68.8 Å². The van der Waals surface area contributed by atoms with Gasteiger partial charge in [0.25, 0.3) is 0 Å². The van der Waals surface area contributed by atoms with Crippen LogP contribution in [-0.2, 0) is 20.7 Å². The normalized spacial score (nSPS) is 24.6. The second kappa shape index (κ2) is 23.9. The van der Waals surface area contributed by atoms with E-state index in [9.17, 15) is 24.6 Å². The number of halogens is 1. The molecule has 458 valence electrons. The van der Waals surface area contributed by atoms with Gasteiger partial charge in [0.15, 0.2) is 17.4 Å². The summed E-state index contributed by atoms with van der Waals surface area (Å²) in [5.41, 5.74) is 6.15. The molecular formula is C65H77FN12O8S. The predicted molar refractivity (Wildman–Crippen MR) is 329 cm³/mol. The van der Waals surface area contributed by atoms with Crippen molar-refractivity contribution < 1.29 is 43.0 Å². The zero-order chi connectivity index (χ0) is 60.4. The molecule has 4 aromatic heterocycles. The number of fused-ring (bicyclic) bond motifs is 5. The minimum Gasteiger partial charge on any atom is -0.508 e. The summed E-state index contributed by atoms with van der Waals surface area (Å²) in [5.74, 6) is -0.714. The minimum atomic E-state index is -0.869. The van der Waals surface area contributed by atoms with E-state index in [1.807, 2.05) is 82.6 Å². The van der Waals surface area contributed by atoms with Gasteiger partial charge in [-0.2, -0.15) is 9.97 Å². The number of nitrogens with zero attached hydrogens (tertiary/aromatic N) is 10. The maximum Gasteiger partial charge on any atom is 0.409 e. The van der Waals surface area contributed by atoms with Crippen LogP contribution in [0.3, 0.4) is 0 Å². The third-order valence-corrected chi connectivity index (χ3v) is 20.3. The number of aromatic nitrogens is 5. The Morgan fingerprint density at radius 3 is 2.52 bits per heavy atom. The molecule has 0 aliphatic carbocycles. The van der Waals surface area contributed by atoms with Gasteiger partial charge in [-0.1, -0.05) is 68.4 Å². The number of carbonyl (C=O) groups excluding carboxylic acids is 3. The zero-order valence-corrected chi connectivity index (χ0v) is 51.1. The first-order valence-corrected chi connectivity index (χ1v) is 31.9. The molecule has 6 saturated heterocycles. The fourth-order valence-corrected chi connectivity index (χ4v) is 15.7. The maximum atomic E-state index is 17.4. The molecule has 0 radical (unpaired) electrons. The average molecular weight is 1210 g/mol. The molecule has 6 aliphatic rings. The summed E-state index contributed by atoms with van der Waals surface area (Å²) < 4.78 is 36.1. The van der Waals surface area contributed by atoms with Crippen LogP contribution in [0.1, 0.15) is 114 Å². The number of aliphatic hydroxyl groups excluding tert-OH is 1. The van der Waals surface area contributed by atoms with E-state index in [4.69, 9.17) is 28.9 Å². The Kier molecular flexibility index (Phi) is 16.0. The van der Waals surface area contributed by atoms with Crippen molar-refractivity contribution in [2.45, 2.75) is 147 Å². The summed E-state index contributed by atoms with van der Waals surface area (Å²) in [6.45, 7) is 15.8. The number of hydrogen-bond acceptors (Lipinski definition) is 18. The van der Waals surface area contributed by atoms with E-state index in [-0.39, 0.29) is 96.6 Å². The summed E-state index contributed by atoms with van der Waals surface area (Å²) in [5, 5.41) is 35.1. The van der Waals surface area contributed by atoms with Gasteiger partial charge in [0.2, 0.25) is 11.8 Å². The molecule has 9 atom stereocenters. The van der Waals surface area contributed by atoms with Crippen LogP contribution in [0.5, 0.6) is 11.8 Å². The molecule has 13 rings (SSSR count). The van der Waals surface area contributed by atoms with Crippen molar-refractivity contribution in [2.24, 2.45) is 5.92 Å². The number of phenols is 1. The number of benzene rings is 3. The number of aryl methyl sites for hydroxylation is 2. The number of anilines is 2. The molecule has 87 heavy (non-hydrogen) atoms. The first kappa shape index (κ1) is 58.5. The average Bonchev–Trinajstić information content (AvgIpc) is 1.98. The van der Waals surface area contributed by atoms with Crippen molar-refractivity contribution >= 4 is 62.6 Å². The predicted octanol–water partition coefficient (Wildman–Crippen LogP) is 8.91. The topological polar surface area (TPSA) is 228 Å². The highest BCUT2D eigenvalue weighted by atomic mass is 32.1. The van der Waals surface area contributed by atoms with E-state index >= 15 is 4.39 Å². The Morgan fingerprint density at radius 2 is 1.77 bits per heavy atom. The Hall–Kier alpha value is -7.53. The lowest BCUT2D eigenvalue weighted by molar-refractivity contribution is -0.141.